The SMILES string of the molecule is Cc1c(NC(=O)c2cc(-c3ccccc3)nc3c2cnn3C(C)C)cccc1C(=O)N1CCCC1. The lowest BCUT2D eigenvalue weighted by Crippen LogP contribution is -2.28. The molecule has 2 amide bonds. The zero-order valence-corrected chi connectivity index (χ0v) is 20.3. The first kappa shape index (κ1) is 22.8. The number of nitrogens with one attached hydrogen (secondary N) is 1. The Balaban J connectivity index is 1.54. The standard InChI is InChI=1S/C28H29N5O2/c1-18(2)33-26-23(17-29-33)22(16-25(30-26)20-10-5-4-6-11-20)27(34)31-24-13-9-12-21(19(24)3)28(35)32-14-7-8-15-32/h4-6,9-13,16-18H,7-8,14-15H2,1-3H3,(H,31,34). The second-order valence-corrected chi connectivity index (χ2v) is 9.27. The number of anilines is 1. The molecule has 35 heavy (non-hydrogen) atoms. The van der Waals surface area contributed by atoms with Gasteiger partial charge in [-0.3, -0.25) is 9.59 Å². The third-order valence-electron chi connectivity index (χ3n) is 6.58. The maximum absolute atomic E-state index is 13.6. The Morgan fingerprint density at radius 2 is 1.71 bits per heavy atom. The lowest BCUT2D eigenvalue weighted by molar-refractivity contribution is 0.0791. The van der Waals surface area contributed by atoms with E-state index < -0.39 is 0 Å². The van der Waals surface area contributed by atoms with E-state index in [0.29, 0.717) is 33.5 Å². The second-order valence-electron chi connectivity index (χ2n) is 9.27. The van der Waals surface area contributed by atoms with Crippen LogP contribution in [0.3, 0.4) is 0 Å². The Morgan fingerprint density at radius 3 is 2.43 bits per heavy atom. The van der Waals surface area contributed by atoms with Gasteiger partial charge >= 0.3 is 0 Å². The molecular weight excluding hydrogens is 438 g/mol. The van der Waals surface area contributed by atoms with E-state index in [9.17, 15) is 9.59 Å². The summed E-state index contributed by atoms with van der Waals surface area (Å²) < 4.78 is 1.83. The minimum absolute atomic E-state index is 0.0203. The van der Waals surface area contributed by atoms with Gasteiger partial charge in [-0.1, -0.05) is 36.4 Å². The number of hydrogen-bond donors (Lipinski definition) is 1. The first-order chi connectivity index (χ1) is 16.9. The summed E-state index contributed by atoms with van der Waals surface area (Å²) in [6.45, 7) is 7.52. The number of aromatic nitrogens is 3. The molecule has 0 atom stereocenters. The number of nitrogens with zero attached hydrogens (tertiary/aromatic N) is 4. The average molecular weight is 468 g/mol. The topological polar surface area (TPSA) is 80.1 Å². The van der Waals surface area contributed by atoms with Crippen molar-refractivity contribution in [3.63, 3.8) is 0 Å². The summed E-state index contributed by atoms with van der Waals surface area (Å²) in [6.07, 6.45) is 3.77. The van der Waals surface area contributed by atoms with Crippen molar-refractivity contribution in [2.24, 2.45) is 0 Å². The number of benzene rings is 2. The zero-order chi connectivity index (χ0) is 24.5. The van der Waals surface area contributed by atoms with Gasteiger partial charge in [0.05, 0.1) is 22.8 Å². The molecule has 2 aromatic carbocycles. The van der Waals surface area contributed by atoms with Crippen LogP contribution in [0, 0.1) is 6.92 Å². The molecule has 1 saturated heterocycles. The van der Waals surface area contributed by atoms with Gasteiger partial charge in [0, 0.05) is 35.9 Å². The van der Waals surface area contributed by atoms with Crippen LogP contribution in [0.1, 0.15) is 59.0 Å². The fourth-order valence-corrected chi connectivity index (χ4v) is 4.62. The number of carbonyl (C=O) groups excluding carboxylic acids is 2. The molecular formula is C28H29N5O2. The molecule has 5 rings (SSSR count). The maximum atomic E-state index is 13.6. The van der Waals surface area contributed by atoms with E-state index in [-0.39, 0.29) is 17.9 Å². The highest BCUT2D eigenvalue weighted by molar-refractivity contribution is 6.13. The fourth-order valence-electron chi connectivity index (χ4n) is 4.62. The van der Waals surface area contributed by atoms with Crippen molar-refractivity contribution < 1.29 is 9.59 Å². The molecule has 1 N–H and O–H groups in total. The molecule has 2 aromatic heterocycles. The van der Waals surface area contributed by atoms with E-state index in [1.807, 2.05) is 85.0 Å². The molecule has 0 spiro atoms. The Bertz CT molecular complexity index is 1400. The molecule has 0 unspecified atom stereocenters. The van der Waals surface area contributed by atoms with E-state index in [4.69, 9.17) is 4.98 Å². The number of rotatable bonds is 5. The number of amides is 2. The molecule has 1 aliphatic rings. The van der Waals surface area contributed by atoms with Gasteiger partial charge in [0.25, 0.3) is 11.8 Å². The molecule has 0 radical (unpaired) electrons. The van der Waals surface area contributed by atoms with Crippen molar-refractivity contribution >= 4 is 28.5 Å². The number of likely N-dealkylation sites (tertiary alicyclic amines) is 1. The van der Waals surface area contributed by atoms with Crippen LogP contribution in [0.4, 0.5) is 5.69 Å². The number of carbonyl (C=O) groups is 2. The van der Waals surface area contributed by atoms with E-state index in [1.165, 1.54) is 0 Å². The van der Waals surface area contributed by atoms with Crippen molar-refractivity contribution in [1.29, 1.82) is 0 Å². The monoisotopic (exact) mass is 467 g/mol. The van der Waals surface area contributed by atoms with Crippen LogP contribution >= 0.6 is 0 Å². The van der Waals surface area contributed by atoms with Gasteiger partial charge in [-0.05, 0) is 57.4 Å². The lowest BCUT2D eigenvalue weighted by atomic mass is 10.0. The predicted molar refractivity (Wildman–Crippen MR) is 138 cm³/mol. The van der Waals surface area contributed by atoms with E-state index >= 15 is 0 Å². The lowest BCUT2D eigenvalue weighted by Gasteiger charge is -2.18. The molecule has 178 valence electrons. The van der Waals surface area contributed by atoms with E-state index in [1.54, 1.807) is 6.20 Å². The van der Waals surface area contributed by atoms with Crippen LogP contribution in [-0.4, -0.2) is 44.6 Å². The smallest absolute Gasteiger partial charge is 0.256 e. The second kappa shape index (κ2) is 9.33. The summed E-state index contributed by atoms with van der Waals surface area (Å²) >= 11 is 0. The van der Waals surface area contributed by atoms with Crippen LogP contribution in [0.5, 0.6) is 0 Å². The highest BCUT2D eigenvalue weighted by Gasteiger charge is 2.23. The number of hydrogen-bond acceptors (Lipinski definition) is 4. The van der Waals surface area contributed by atoms with Crippen LogP contribution in [0.25, 0.3) is 22.3 Å². The molecule has 7 nitrogen and oxygen atoms in total. The quantitative estimate of drug-likeness (QED) is 0.422. The maximum Gasteiger partial charge on any atom is 0.256 e. The Labute approximate surface area is 204 Å². The van der Waals surface area contributed by atoms with E-state index in [0.717, 1.165) is 37.1 Å². The molecule has 7 heteroatoms. The summed E-state index contributed by atoms with van der Waals surface area (Å²) in [4.78, 5) is 33.3. The van der Waals surface area contributed by atoms with Crippen molar-refractivity contribution in [2.75, 3.05) is 18.4 Å². The van der Waals surface area contributed by atoms with Gasteiger partial charge in [-0.25, -0.2) is 9.67 Å². The molecule has 1 aliphatic heterocycles. The zero-order valence-electron chi connectivity index (χ0n) is 20.3. The summed E-state index contributed by atoms with van der Waals surface area (Å²) in [5, 5.41) is 8.24. The van der Waals surface area contributed by atoms with Crippen LogP contribution in [0.15, 0.2) is 60.8 Å². The summed E-state index contributed by atoms with van der Waals surface area (Å²) in [5.41, 5.74) is 4.82. The minimum Gasteiger partial charge on any atom is -0.339 e. The van der Waals surface area contributed by atoms with Crippen molar-refractivity contribution in [2.45, 2.75) is 39.7 Å². The van der Waals surface area contributed by atoms with Gasteiger partial charge in [-0.15, -0.1) is 0 Å². The Kier molecular flexibility index (Phi) is 6.07. The average Bonchev–Trinajstić information content (AvgIpc) is 3.55. The first-order valence-electron chi connectivity index (χ1n) is 12.1. The van der Waals surface area contributed by atoms with Crippen LogP contribution in [-0.2, 0) is 0 Å². The first-order valence-corrected chi connectivity index (χ1v) is 12.1. The number of pyridine rings is 1. The molecule has 0 aliphatic carbocycles. The normalized spacial score (nSPS) is 13.5. The Morgan fingerprint density at radius 1 is 0.971 bits per heavy atom. The van der Waals surface area contributed by atoms with Crippen molar-refractivity contribution in [1.82, 2.24) is 19.7 Å². The van der Waals surface area contributed by atoms with Crippen molar-refractivity contribution in [3.05, 3.63) is 77.5 Å². The number of fused-ring (bicyclic) bond motifs is 1. The third-order valence-corrected chi connectivity index (χ3v) is 6.58. The van der Waals surface area contributed by atoms with E-state index in [2.05, 4.69) is 10.4 Å². The third kappa shape index (κ3) is 4.30. The molecule has 0 bridgehead atoms. The molecule has 1 fully saturated rings. The minimum atomic E-state index is -0.258. The van der Waals surface area contributed by atoms with Gasteiger partial charge < -0.3 is 10.2 Å². The van der Waals surface area contributed by atoms with Crippen LogP contribution in [0.2, 0.25) is 0 Å². The molecule has 0 saturated carbocycles. The van der Waals surface area contributed by atoms with Crippen molar-refractivity contribution in [3.8, 4) is 11.3 Å². The van der Waals surface area contributed by atoms with Gasteiger partial charge in [0.1, 0.15) is 0 Å². The summed E-state index contributed by atoms with van der Waals surface area (Å²) in [5.74, 6) is -0.237. The fraction of sp³-hybridized carbons (Fsp3) is 0.286. The highest BCUT2D eigenvalue weighted by Crippen LogP contribution is 2.28. The molecule has 3 heterocycles. The predicted octanol–water partition coefficient (Wildman–Crippen LogP) is 5.48. The summed E-state index contributed by atoms with van der Waals surface area (Å²) in [6, 6.07) is 17.2. The van der Waals surface area contributed by atoms with Gasteiger partial charge in [0.15, 0.2) is 5.65 Å². The largest absolute Gasteiger partial charge is 0.339 e. The molecule has 4 aromatic rings. The van der Waals surface area contributed by atoms with Gasteiger partial charge in [0.2, 0.25) is 0 Å². The summed E-state index contributed by atoms with van der Waals surface area (Å²) in [7, 11) is 0. The Hall–Kier alpha value is -4.00. The van der Waals surface area contributed by atoms with Crippen LogP contribution < -0.4 is 5.32 Å². The highest BCUT2D eigenvalue weighted by atomic mass is 16.2. The van der Waals surface area contributed by atoms with Gasteiger partial charge in [-0.2, -0.15) is 5.10 Å².